The second-order valence-electron chi connectivity index (χ2n) is 4.37. The molecule has 20 heavy (non-hydrogen) atoms. The number of hydrogen-bond donors (Lipinski definition) is 1. The van der Waals surface area contributed by atoms with E-state index in [2.05, 4.69) is 12.2 Å². The van der Waals surface area contributed by atoms with Crippen LogP contribution in [0.2, 0.25) is 0 Å². The molecule has 0 amide bonds. The van der Waals surface area contributed by atoms with Gasteiger partial charge in [-0.25, -0.2) is 8.78 Å². The number of benzene rings is 2. The molecule has 1 unspecified atom stereocenters. The molecule has 1 N–H and O–H groups in total. The fraction of sp³-hybridized carbons (Fsp3) is 0.250. The lowest BCUT2D eigenvalue weighted by atomic mass is 9.98. The van der Waals surface area contributed by atoms with Crippen molar-refractivity contribution in [1.82, 2.24) is 5.32 Å². The number of thioether (sulfide) groups is 1. The predicted octanol–water partition coefficient (Wildman–Crippen LogP) is 4.39. The van der Waals surface area contributed by atoms with Gasteiger partial charge in [-0.2, -0.15) is 0 Å². The first-order chi connectivity index (χ1) is 9.67. The molecule has 1 atom stereocenters. The zero-order valence-corrected chi connectivity index (χ0v) is 12.3. The Morgan fingerprint density at radius 1 is 1.10 bits per heavy atom. The molecule has 0 aliphatic carbocycles. The lowest BCUT2D eigenvalue weighted by Gasteiger charge is -2.18. The van der Waals surface area contributed by atoms with E-state index in [4.69, 9.17) is 0 Å². The van der Waals surface area contributed by atoms with Gasteiger partial charge in [0.1, 0.15) is 0 Å². The lowest BCUT2D eigenvalue weighted by Crippen LogP contribution is -2.19. The van der Waals surface area contributed by atoms with Gasteiger partial charge in [0.2, 0.25) is 0 Å². The van der Waals surface area contributed by atoms with Crippen LogP contribution in [0.15, 0.2) is 47.4 Å². The first-order valence-corrected chi connectivity index (χ1v) is 7.49. The molecule has 0 bridgehead atoms. The average Bonchev–Trinajstić information content (AvgIpc) is 2.46. The molecule has 0 radical (unpaired) electrons. The van der Waals surface area contributed by atoms with Gasteiger partial charge in [-0.3, -0.25) is 0 Å². The van der Waals surface area contributed by atoms with Crippen molar-refractivity contribution in [2.75, 3.05) is 12.8 Å². The molecule has 0 saturated carbocycles. The van der Waals surface area contributed by atoms with Gasteiger partial charge < -0.3 is 5.32 Å². The van der Waals surface area contributed by atoms with Crippen molar-refractivity contribution in [1.29, 1.82) is 0 Å². The molecule has 2 aromatic rings. The number of nitrogens with one attached hydrogen (secondary N) is 1. The minimum atomic E-state index is -0.819. The summed E-state index contributed by atoms with van der Waals surface area (Å²) in [6, 6.07) is 11.8. The van der Waals surface area contributed by atoms with Crippen LogP contribution in [0.3, 0.4) is 0 Å². The van der Waals surface area contributed by atoms with Crippen LogP contribution in [-0.4, -0.2) is 12.8 Å². The third-order valence-corrected chi connectivity index (χ3v) is 4.00. The zero-order chi connectivity index (χ0) is 14.5. The second kappa shape index (κ2) is 6.86. The second-order valence-corrected chi connectivity index (χ2v) is 5.70. The predicted molar refractivity (Wildman–Crippen MR) is 80.1 cm³/mol. The molecule has 0 saturated heterocycles. The maximum atomic E-state index is 13.9. The number of hydrogen-bond acceptors (Lipinski definition) is 2. The highest BCUT2D eigenvalue weighted by Gasteiger charge is 2.18. The Morgan fingerprint density at radius 2 is 1.80 bits per heavy atom. The van der Waals surface area contributed by atoms with Crippen LogP contribution in [-0.2, 0) is 0 Å². The Kier molecular flexibility index (Phi) is 5.15. The van der Waals surface area contributed by atoms with Crippen molar-refractivity contribution in [3.8, 4) is 0 Å². The molecule has 0 fully saturated rings. The Balaban J connectivity index is 2.34. The quantitative estimate of drug-likeness (QED) is 0.821. The van der Waals surface area contributed by atoms with Crippen LogP contribution in [0.25, 0.3) is 0 Å². The Morgan fingerprint density at radius 3 is 2.40 bits per heavy atom. The van der Waals surface area contributed by atoms with Crippen LogP contribution in [0, 0.1) is 11.6 Å². The van der Waals surface area contributed by atoms with Crippen LogP contribution >= 0.6 is 11.8 Å². The molecule has 1 nitrogen and oxygen atoms in total. The van der Waals surface area contributed by atoms with Gasteiger partial charge in [-0.1, -0.05) is 31.2 Å². The average molecular weight is 293 g/mol. The Labute approximate surface area is 122 Å². The highest BCUT2D eigenvalue weighted by atomic mass is 32.2. The Hall–Kier alpha value is -1.39. The minimum absolute atomic E-state index is 0.323. The molecule has 106 valence electrons. The molecule has 4 heteroatoms. The summed E-state index contributed by atoms with van der Waals surface area (Å²) in [6.45, 7) is 2.09. The van der Waals surface area contributed by atoms with Gasteiger partial charge in [-0.05, 0) is 36.6 Å². The van der Waals surface area contributed by atoms with Crippen LogP contribution < -0.4 is 5.32 Å². The van der Waals surface area contributed by atoms with Gasteiger partial charge in [0.25, 0.3) is 0 Å². The maximum absolute atomic E-state index is 13.9. The van der Waals surface area contributed by atoms with Crippen molar-refractivity contribution >= 4 is 11.8 Å². The largest absolute Gasteiger partial charge is 0.309 e. The third kappa shape index (κ3) is 3.19. The first kappa shape index (κ1) is 15.0. The monoisotopic (exact) mass is 293 g/mol. The summed E-state index contributed by atoms with van der Waals surface area (Å²) in [4.78, 5) is 1.17. The molecule has 0 heterocycles. The minimum Gasteiger partial charge on any atom is -0.309 e. The summed E-state index contributed by atoms with van der Waals surface area (Å²) in [5.41, 5.74) is 1.24. The van der Waals surface area contributed by atoms with Gasteiger partial charge in [0.15, 0.2) is 11.6 Å². The molecule has 0 aromatic heterocycles. The van der Waals surface area contributed by atoms with E-state index in [0.717, 1.165) is 17.4 Å². The summed E-state index contributed by atoms with van der Waals surface area (Å²) in [5.74, 6) is -0.604. The van der Waals surface area contributed by atoms with Gasteiger partial charge in [0, 0.05) is 10.5 Å². The molecule has 2 rings (SSSR count). The van der Waals surface area contributed by atoms with Crippen LogP contribution in [0.4, 0.5) is 8.78 Å². The topological polar surface area (TPSA) is 12.0 Å². The fourth-order valence-corrected chi connectivity index (χ4v) is 2.83. The highest BCUT2D eigenvalue weighted by Crippen LogP contribution is 2.27. The molecule has 0 spiro atoms. The van der Waals surface area contributed by atoms with E-state index < -0.39 is 11.6 Å². The SMILES string of the molecule is CCSc1ccc(C(NC)c2cccc(F)c2F)cc1. The smallest absolute Gasteiger partial charge is 0.163 e. The van der Waals surface area contributed by atoms with Gasteiger partial charge >= 0.3 is 0 Å². The van der Waals surface area contributed by atoms with Crippen LogP contribution in [0.5, 0.6) is 0 Å². The van der Waals surface area contributed by atoms with E-state index in [1.807, 2.05) is 24.3 Å². The zero-order valence-electron chi connectivity index (χ0n) is 11.5. The summed E-state index contributed by atoms with van der Waals surface area (Å²) >= 11 is 1.75. The van der Waals surface area contributed by atoms with E-state index in [-0.39, 0.29) is 6.04 Å². The van der Waals surface area contributed by atoms with Crippen molar-refractivity contribution in [3.05, 3.63) is 65.2 Å². The van der Waals surface area contributed by atoms with Crippen molar-refractivity contribution in [2.24, 2.45) is 0 Å². The van der Waals surface area contributed by atoms with Crippen molar-refractivity contribution < 1.29 is 8.78 Å². The first-order valence-electron chi connectivity index (χ1n) is 6.51. The normalized spacial score (nSPS) is 12.4. The molecular formula is C16H17F2NS. The molecular weight excluding hydrogens is 276 g/mol. The summed E-state index contributed by atoms with van der Waals surface area (Å²) in [5, 5.41) is 3.04. The van der Waals surface area contributed by atoms with E-state index in [0.29, 0.717) is 5.56 Å². The number of halogens is 2. The molecule has 2 aromatic carbocycles. The maximum Gasteiger partial charge on any atom is 0.163 e. The van der Waals surface area contributed by atoms with Gasteiger partial charge in [-0.15, -0.1) is 11.8 Å². The molecule has 0 aliphatic heterocycles. The van der Waals surface area contributed by atoms with E-state index in [9.17, 15) is 8.78 Å². The number of rotatable bonds is 5. The third-order valence-electron chi connectivity index (χ3n) is 3.11. The lowest BCUT2D eigenvalue weighted by molar-refractivity contribution is 0.487. The summed E-state index contributed by atoms with van der Waals surface area (Å²) in [6.07, 6.45) is 0. The summed E-state index contributed by atoms with van der Waals surface area (Å²) in [7, 11) is 1.74. The van der Waals surface area contributed by atoms with E-state index in [1.54, 1.807) is 24.9 Å². The van der Waals surface area contributed by atoms with Crippen molar-refractivity contribution in [2.45, 2.75) is 17.9 Å². The fourth-order valence-electron chi connectivity index (χ4n) is 2.17. The Bertz CT molecular complexity index is 569. The standard InChI is InChI=1S/C16H17F2NS/c1-3-20-12-9-7-11(8-10-12)16(19-2)13-5-4-6-14(17)15(13)18/h4-10,16,19H,3H2,1-2H3. The molecule has 0 aliphatic rings. The highest BCUT2D eigenvalue weighted by molar-refractivity contribution is 7.99. The van der Waals surface area contributed by atoms with Gasteiger partial charge in [0.05, 0.1) is 6.04 Å². The van der Waals surface area contributed by atoms with Crippen LogP contribution in [0.1, 0.15) is 24.1 Å². The van der Waals surface area contributed by atoms with E-state index >= 15 is 0 Å². The van der Waals surface area contributed by atoms with E-state index in [1.165, 1.54) is 11.0 Å². The van der Waals surface area contributed by atoms with Crippen molar-refractivity contribution in [3.63, 3.8) is 0 Å². The summed E-state index contributed by atoms with van der Waals surface area (Å²) < 4.78 is 27.3.